The van der Waals surface area contributed by atoms with E-state index in [4.69, 9.17) is 15.9 Å². The van der Waals surface area contributed by atoms with Crippen LogP contribution in [0.1, 0.15) is 41.3 Å². The number of benzene rings is 2. The Morgan fingerprint density at radius 2 is 1.64 bits per heavy atom. The smallest absolute Gasteiger partial charge is 0.343 e. The topological polar surface area (TPSA) is 76.2 Å². The number of nitrogens with one attached hydrogen (secondary N) is 1. The molecule has 2 aromatic carbocycles. The molecular weight excluding hydrogens is 276 g/mol. The van der Waals surface area contributed by atoms with Crippen molar-refractivity contribution < 1.29 is 9.53 Å². The van der Waals surface area contributed by atoms with Crippen molar-refractivity contribution in [3.63, 3.8) is 0 Å². The average Bonchev–Trinajstić information content (AvgIpc) is 2.54. The van der Waals surface area contributed by atoms with Gasteiger partial charge in [-0.2, -0.15) is 0 Å². The first kappa shape index (κ1) is 15.8. The quantitative estimate of drug-likeness (QED) is 0.370. The molecule has 0 saturated carbocycles. The fraction of sp³-hybridized carbons (Fsp3) is 0.222. The number of carbonyl (C=O) groups excluding carboxylic acids is 1. The summed E-state index contributed by atoms with van der Waals surface area (Å²) >= 11 is 0. The summed E-state index contributed by atoms with van der Waals surface area (Å²) in [5.74, 6) is 0.0308. The zero-order valence-electron chi connectivity index (χ0n) is 12.6. The van der Waals surface area contributed by atoms with Crippen LogP contribution >= 0.6 is 0 Å². The van der Waals surface area contributed by atoms with Gasteiger partial charge in [0.25, 0.3) is 0 Å². The van der Waals surface area contributed by atoms with Gasteiger partial charge in [-0.25, -0.2) is 4.79 Å². The molecule has 2 rings (SSSR count). The molecule has 0 aromatic heterocycles. The summed E-state index contributed by atoms with van der Waals surface area (Å²) < 4.78 is 5.31. The molecule has 0 aliphatic heterocycles. The molecule has 0 spiro atoms. The van der Waals surface area contributed by atoms with E-state index in [9.17, 15) is 4.79 Å². The third kappa shape index (κ3) is 4.19. The first-order chi connectivity index (χ1) is 10.6. The van der Waals surface area contributed by atoms with E-state index in [1.807, 2.05) is 12.1 Å². The van der Waals surface area contributed by atoms with Gasteiger partial charge in [-0.05, 0) is 54.8 Å². The molecule has 0 bridgehead atoms. The van der Waals surface area contributed by atoms with Crippen molar-refractivity contribution in [3.8, 4) is 5.75 Å². The zero-order chi connectivity index (χ0) is 15.9. The predicted molar refractivity (Wildman–Crippen MR) is 87.5 cm³/mol. The highest BCUT2D eigenvalue weighted by molar-refractivity contribution is 5.95. The number of amidine groups is 1. The zero-order valence-corrected chi connectivity index (χ0v) is 12.6. The van der Waals surface area contributed by atoms with Gasteiger partial charge in [0.1, 0.15) is 11.6 Å². The Bertz CT molecular complexity index is 646. The maximum atomic E-state index is 12.1. The van der Waals surface area contributed by atoms with Gasteiger partial charge in [0.05, 0.1) is 5.56 Å². The molecule has 114 valence electrons. The Morgan fingerprint density at radius 1 is 1.05 bits per heavy atom. The highest BCUT2D eigenvalue weighted by Gasteiger charge is 2.08. The van der Waals surface area contributed by atoms with Crippen LogP contribution in [0.15, 0.2) is 48.5 Å². The minimum absolute atomic E-state index is 0.0134. The van der Waals surface area contributed by atoms with Crippen LogP contribution in [-0.4, -0.2) is 11.8 Å². The first-order valence-corrected chi connectivity index (χ1v) is 7.35. The van der Waals surface area contributed by atoms with Crippen molar-refractivity contribution in [3.05, 3.63) is 65.2 Å². The van der Waals surface area contributed by atoms with Crippen molar-refractivity contribution >= 4 is 11.8 Å². The van der Waals surface area contributed by atoms with Crippen LogP contribution in [-0.2, 0) is 6.42 Å². The van der Waals surface area contributed by atoms with E-state index in [2.05, 4.69) is 6.92 Å². The third-order valence-corrected chi connectivity index (χ3v) is 3.38. The number of nitrogens with two attached hydrogens (primary N) is 1. The number of carbonyl (C=O) groups is 1. The van der Waals surface area contributed by atoms with Gasteiger partial charge in [0.15, 0.2) is 0 Å². The second-order valence-electron chi connectivity index (χ2n) is 5.13. The Morgan fingerprint density at radius 3 is 2.18 bits per heavy atom. The van der Waals surface area contributed by atoms with Crippen molar-refractivity contribution in [2.75, 3.05) is 0 Å². The first-order valence-electron chi connectivity index (χ1n) is 7.35. The summed E-state index contributed by atoms with van der Waals surface area (Å²) in [4.78, 5) is 12.1. The van der Waals surface area contributed by atoms with E-state index >= 15 is 0 Å². The lowest BCUT2D eigenvalue weighted by Crippen LogP contribution is -2.11. The molecular formula is C18H20N2O2. The molecule has 0 unspecified atom stereocenters. The van der Waals surface area contributed by atoms with Crippen LogP contribution in [0.4, 0.5) is 0 Å². The molecule has 4 heteroatoms. The molecule has 3 N–H and O–H groups in total. The Balaban J connectivity index is 2.00. The van der Waals surface area contributed by atoms with Crippen LogP contribution in [0.3, 0.4) is 0 Å². The number of ether oxygens (including phenoxy) is 1. The van der Waals surface area contributed by atoms with Gasteiger partial charge in [-0.3, -0.25) is 5.41 Å². The molecule has 0 radical (unpaired) electrons. The molecule has 0 amide bonds. The van der Waals surface area contributed by atoms with E-state index in [1.54, 1.807) is 36.4 Å². The maximum Gasteiger partial charge on any atom is 0.343 e. The van der Waals surface area contributed by atoms with Gasteiger partial charge >= 0.3 is 5.97 Å². The average molecular weight is 296 g/mol. The molecule has 0 heterocycles. The summed E-state index contributed by atoms with van der Waals surface area (Å²) in [6.45, 7) is 2.16. The number of unbranched alkanes of at least 4 members (excludes halogenated alkanes) is 1. The fourth-order valence-corrected chi connectivity index (χ4v) is 2.06. The lowest BCUT2D eigenvalue weighted by Gasteiger charge is -2.06. The van der Waals surface area contributed by atoms with Crippen LogP contribution in [0, 0.1) is 5.41 Å². The van der Waals surface area contributed by atoms with Crippen molar-refractivity contribution in [1.82, 2.24) is 0 Å². The molecule has 0 fully saturated rings. The SMILES string of the molecule is CCCCc1ccc(C(=O)Oc2ccc(C(=N)N)cc2)cc1. The molecule has 22 heavy (non-hydrogen) atoms. The van der Waals surface area contributed by atoms with Crippen molar-refractivity contribution in [1.29, 1.82) is 5.41 Å². The van der Waals surface area contributed by atoms with E-state index < -0.39 is 5.97 Å². The Hall–Kier alpha value is -2.62. The number of esters is 1. The predicted octanol–water partition coefficient (Wildman–Crippen LogP) is 3.53. The number of hydrogen-bond donors (Lipinski definition) is 2. The van der Waals surface area contributed by atoms with Crippen LogP contribution < -0.4 is 10.5 Å². The number of hydrogen-bond acceptors (Lipinski definition) is 3. The van der Waals surface area contributed by atoms with Crippen molar-refractivity contribution in [2.45, 2.75) is 26.2 Å². The van der Waals surface area contributed by atoms with Gasteiger partial charge in [0, 0.05) is 5.56 Å². The number of rotatable bonds is 6. The molecule has 0 aliphatic rings. The Labute approximate surface area is 130 Å². The van der Waals surface area contributed by atoms with E-state index in [0.29, 0.717) is 16.9 Å². The molecule has 0 aliphatic carbocycles. The highest BCUT2D eigenvalue weighted by atomic mass is 16.5. The van der Waals surface area contributed by atoms with E-state index in [0.717, 1.165) is 19.3 Å². The second-order valence-corrected chi connectivity index (χ2v) is 5.13. The summed E-state index contributed by atoms with van der Waals surface area (Å²) in [5, 5.41) is 7.32. The largest absolute Gasteiger partial charge is 0.423 e. The Kier molecular flexibility index (Phi) is 5.31. The summed E-state index contributed by atoms with van der Waals surface area (Å²) in [6, 6.07) is 14.1. The molecule has 0 saturated heterocycles. The minimum Gasteiger partial charge on any atom is -0.423 e. The lowest BCUT2D eigenvalue weighted by molar-refractivity contribution is 0.0735. The number of aryl methyl sites for hydroxylation is 1. The standard InChI is InChI=1S/C18H20N2O2/c1-2-3-4-13-5-7-15(8-6-13)18(21)22-16-11-9-14(10-12-16)17(19)20/h5-12H,2-4H2,1H3,(H3,19,20). The number of nitrogen functional groups attached to an aromatic ring is 1. The van der Waals surface area contributed by atoms with Gasteiger partial charge in [-0.15, -0.1) is 0 Å². The highest BCUT2D eigenvalue weighted by Crippen LogP contribution is 2.15. The van der Waals surface area contributed by atoms with Gasteiger partial charge in [0.2, 0.25) is 0 Å². The van der Waals surface area contributed by atoms with Crippen LogP contribution in [0.25, 0.3) is 0 Å². The normalized spacial score (nSPS) is 10.2. The second kappa shape index (κ2) is 7.41. The summed E-state index contributed by atoms with van der Waals surface area (Å²) in [7, 11) is 0. The fourth-order valence-electron chi connectivity index (χ4n) is 2.06. The molecule has 4 nitrogen and oxygen atoms in total. The summed E-state index contributed by atoms with van der Waals surface area (Å²) in [5.41, 5.74) is 7.73. The maximum absolute atomic E-state index is 12.1. The molecule has 2 aromatic rings. The van der Waals surface area contributed by atoms with Crippen LogP contribution in [0.2, 0.25) is 0 Å². The van der Waals surface area contributed by atoms with Crippen LogP contribution in [0.5, 0.6) is 5.75 Å². The molecule has 0 atom stereocenters. The third-order valence-electron chi connectivity index (χ3n) is 3.38. The van der Waals surface area contributed by atoms with Crippen molar-refractivity contribution in [2.24, 2.45) is 5.73 Å². The van der Waals surface area contributed by atoms with Gasteiger partial charge < -0.3 is 10.5 Å². The lowest BCUT2D eigenvalue weighted by atomic mass is 10.1. The summed E-state index contributed by atoms with van der Waals surface area (Å²) in [6.07, 6.45) is 3.32. The van der Waals surface area contributed by atoms with E-state index in [1.165, 1.54) is 5.56 Å². The van der Waals surface area contributed by atoms with E-state index in [-0.39, 0.29) is 5.84 Å². The van der Waals surface area contributed by atoms with Gasteiger partial charge in [-0.1, -0.05) is 25.5 Å². The minimum atomic E-state index is -0.391. The monoisotopic (exact) mass is 296 g/mol.